The molecule has 10 heteroatoms. The fraction of sp³-hybridized carbons (Fsp3) is 0.333. The Hall–Kier alpha value is -1.88. The number of thiophene rings is 1. The minimum Gasteiger partial charge on any atom is -0.465 e. The monoisotopic (exact) mass is 440 g/mol. The van der Waals surface area contributed by atoms with Crippen LogP contribution in [0.5, 0.6) is 0 Å². The zero-order valence-electron chi connectivity index (χ0n) is 15.2. The lowest BCUT2D eigenvalue weighted by Crippen LogP contribution is -2.50. The average molecular weight is 441 g/mol. The third-order valence-electron chi connectivity index (χ3n) is 4.29. The fourth-order valence-electron chi connectivity index (χ4n) is 2.73. The van der Waals surface area contributed by atoms with E-state index in [1.807, 2.05) is 30.3 Å². The lowest BCUT2D eigenvalue weighted by Gasteiger charge is -2.33. The normalized spacial score (nSPS) is 15.4. The number of carbonyl (C=O) groups excluding carboxylic acids is 2. The molecule has 0 spiro atoms. The van der Waals surface area contributed by atoms with E-state index in [1.54, 1.807) is 4.90 Å². The molecule has 0 radical (unpaired) electrons. The first kappa shape index (κ1) is 20.8. The Morgan fingerprint density at radius 1 is 1.14 bits per heavy atom. The van der Waals surface area contributed by atoms with Gasteiger partial charge in [-0.25, -0.2) is 13.2 Å². The van der Waals surface area contributed by atoms with Gasteiger partial charge in [-0.2, -0.15) is 4.31 Å². The predicted molar refractivity (Wildman–Crippen MR) is 108 cm³/mol. The Bertz CT molecular complexity index is 935. The molecule has 0 saturated carbocycles. The molecule has 1 fully saturated rings. The molecule has 0 atom stereocenters. The quantitative estimate of drug-likeness (QED) is 0.506. The van der Waals surface area contributed by atoms with Gasteiger partial charge in [-0.3, -0.25) is 4.79 Å². The Morgan fingerprint density at radius 3 is 2.46 bits per heavy atom. The maximum Gasteiger partial charge on any atom is 0.338 e. The lowest BCUT2D eigenvalue weighted by atomic mass is 10.3. The summed E-state index contributed by atoms with van der Waals surface area (Å²) >= 11 is 2.46. The summed E-state index contributed by atoms with van der Waals surface area (Å²) in [5.41, 5.74) is 0.220. The van der Waals surface area contributed by atoms with Crippen LogP contribution < -0.4 is 0 Å². The number of carbonyl (C=O) groups is 2. The van der Waals surface area contributed by atoms with E-state index in [9.17, 15) is 18.0 Å². The van der Waals surface area contributed by atoms with Gasteiger partial charge in [0.2, 0.25) is 5.91 Å². The van der Waals surface area contributed by atoms with E-state index >= 15 is 0 Å². The third-order valence-corrected chi connectivity index (χ3v) is 8.60. The van der Waals surface area contributed by atoms with E-state index in [0.717, 1.165) is 16.2 Å². The van der Waals surface area contributed by atoms with Crippen molar-refractivity contribution in [3.8, 4) is 0 Å². The van der Waals surface area contributed by atoms with Crippen LogP contribution in [0.1, 0.15) is 10.4 Å². The van der Waals surface area contributed by atoms with Crippen molar-refractivity contribution in [2.75, 3.05) is 39.0 Å². The molecule has 1 aliphatic rings. The largest absolute Gasteiger partial charge is 0.465 e. The highest BCUT2D eigenvalue weighted by Crippen LogP contribution is 2.25. The number of ether oxygens (including phenoxy) is 1. The molecule has 0 aliphatic carbocycles. The zero-order chi connectivity index (χ0) is 20.1. The summed E-state index contributed by atoms with van der Waals surface area (Å²) in [5.74, 6) is -0.247. The van der Waals surface area contributed by atoms with Crippen molar-refractivity contribution in [1.82, 2.24) is 9.21 Å². The minimum atomic E-state index is -3.69. The molecule has 1 aliphatic heterocycles. The molecule has 28 heavy (non-hydrogen) atoms. The Morgan fingerprint density at radius 2 is 1.82 bits per heavy atom. The predicted octanol–water partition coefficient (Wildman–Crippen LogP) is 2.16. The number of amides is 1. The minimum absolute atomic E-state index is 0.00463. The van der Waals surface area contributed by atoms with Gasteiger partial charge in [-0.1, -0.05) is 18.2 Å². The first-order chi connectivity index (χ1) is 13.4. The van der Waals surface area contributed by atoms with Gasteiger partial charge in [0.1, 0.15) is 4.21 Å². The number of esters is 1. The Labute approximate surface area is 172 Å². The number of benzene rings is 1. The number of hydrogen-bond donors (Lipinski definition) is 0. The van der Waals surface area contributed by atoms with Crippen LogP contribution in [-0.4, -0.2) is 68.5 Å². The first-order valence-electron chi connectivity index (χ1n) is 8.54. The Kier molecular flexibility index (Phi) is 6.76. The smallest absolute Gasteiger partial charge is 0.338 e. The summed E-state index contributed by atoms with van der Waals surface area (Å²) in [6, 6.07) is 11.0. The second-order valence-electron chi connectivity index (χ2n) is 6.03. The highest BCUT2D eigenvalue weighted by atomic mass is 32.2. The zero-order valence-corrected chi connectivity index (χ0v) is 17.7. The average Bonchev–Trinajstić information content (AvgIpc) is 3.23. The van der Waals surface area contributed by atoms with Crippen molar-refractivity contribution < 1.29 is 22.7 Å². The molecule has 150 valence electrons. The second kappa shape index (κ2) is 9.08. The number of thioether (sulfide) groups is 1. The molecule has 1 amide bonds. The summed E-state index contributed by atoms with van der Waals surface area (Å²) in [7, 11) is -2.44. The van der Waals surface area contributed by atoms with Crippen molar-refractivity contribution in [3.63, 3.8) is 0 Å². The Balaban J connectivity index is 1.56. The highest BCUT2D eigenvalue weighted by Gasteiger charge is 2.31. The van der Waals surface area contributed by atoms with E-state index in [4.69, 9.17) is 0 Å². The van der Waals surface area contributed by atoms with E-state index in [-0.39, 0.29) is 28.8 Å². The lowest BCUT2D eigenvalue weighted by molar-refractivity contribution is -0.129. The molecule has 0 unspecified atom stereocenters. The summed E-state index contributed by atoms with van der Waals surface area (Å²) in [6.07, 6.45) is 0. The SMILES string of the molecule is COC(=O)c1csc(S(=O)(=O)N2CCN(C(=O)CSc3ccccc3)CC2)c1. The fourth-order valence-corrected chi connectivity index (χ4v) is 6.28. The van der Waals surface area contributed by atoms with Crippen LogP contribution in [0.25, 0.3) is 0 Å². The van der Waals surface area contributed by atoms with Crippen molar-refractivity contribution >= 4 is 45.0 Å². The van der Waals surface area contributed by atoms with Crippen LogP contribution in [0.15, 0.2) is 50.9 Å². The van der Waals surface area contributed by atoms with E-state index < -0.39 is 16.0 Å². The van der Waals surface area contributed by atoms with Crippen molar-refractivity contribution in [2.24, 2.45) is 0 Å². The van der Waals surface area contributed by atoms with Gasteiger partial charge in [0, 0.05) is 36.5 Å². The molecule has 7 nitrogen and oxygen atoms in total. The summed E-state index contributed by atoms with van der Waals surface area (Å²) < 4.78 is 31.6. The van der Waals surface area contributed by atoms with Gasteiger partial charge in [0.25, 0.3) is 10.0 Å². The maximum atomic E-state index is 12.8. The van der Waals surface area contributed by atoms with Crippen molar-refractivity contribution in [2.45, 2.75) is 9.10 Å². The van der Waals surface area contributed by atoms with Crippen LogP contribution in [0.2, 0.25) is 0 Å². The number of rotatable bonds is 6. The summed E-state index contributed by atoms with van der Waals surface area (Å²) in [4.78, 5) is 26.7. The molecule has 1 aromatic heterocycles. The number of methoxy groups -OCH3 is 1. The molecule has 0 N–H and O–H groups in total. The molecule has 1 aromatic carbocycles. The highest BCUT2D eigenvalue weighted by molar-refractivity contribution is 8.00. The molecule has 3 rings (SSSR count). The van der Waals surface area contributed by atoms with Crippen LogP contribution in [-0.2, 0) is 19.6 Å². The molecule has 0 bridgehead atoms. The number of nitrogens with zero attached hydrogens (tertiary/aromatic N) is 2. The second-order valence-corrected chi connectivity index (χ2v) is 10.2. The van der Waals surface area contributed by atoms with E-state index in [1.165, 1.54) is 34.6 Å². The van der Waals surface area contributed by atoms with Crippen molar-refractivity contribution in [1.29, 1.82) is 0 Å². The molecule has 1 saturated heterocycles. The summed E-state index contributed by atoms with van der Waals surface area (Å²) in [6.45, 7) is 1.16. The van der Waals surface area contributed by atoms with Crippen LogP contribution in [0, 0.1) is 0 Å². The van der Waals surface area contributed by atoms with Crippen LogP contribution in [0.3, 0.4) is 0 Å². The maximum absolute atomic E-state index is 12.8. The number of sulfonamides is 1. The van der Waals surface area contributed by atoms with Crippen LogP contribution >= 0.6 is 23.1 Å². The van der Waals surface area contributed by atoms with Gasteiger partial charge in [0.05, 0.1) is 18.4 Å². The molecule has 2 heterocycles. The first-order valence-corrected chi connectivity index (χ1v) is 11.8. The standard InChI is InChI=1S/C18H20N2O5S3/c1-25-18(22)14-11-17(27-12-14)28(23,24)20-9-7-19(8-10-20)16(21)13-26-15-5-3-2-4-6-15/h2-6,11-12H,7-10,13H2,1H3. The number of hydrogen-bond acceptors (Lipinski definition) is 7. The molecular formula is C18H20N2O5S3. The molecule has 2 aromatic rings. The van der Waals surface area contributed by atoms with Gasteiger partial charge in [-0.05, 0) is 18.2 Å². The third kappa shape index (κ3) is 4.75. The van der Waals surface area contributed by atoms with Gasteiger partial charge < -0.3 is 9.64 Å². The summed E-state index contributed by atoms with van der Waals surface area (Å²) in [5, 5.41) is 1.47. The van der Waals surface area contributed by atoms with Gasteiger partial charge >= 0.3 is 5.97 Å². The molecular weight excluding hydrogens is 420 g/mol. The number of piperazine rings is 1. The van der Waals surface area contributed by atoms with Crippen molar-refractivity contribution in [3.05, 3.63) is 47.3 Å². The van der Waals surface area contributed by atoms with Crippen LogP contribution in [0.4, 0.5) is 0 Å². The van der Waals surface area contributed by atoms with Gasteiger partial charge in [0.15, 0.2) is 0 Å². The topological polar surface area (TPSA) is 84.0 Å². The van der Waals surface area contributed by atoms with E-state index in [2.05, 4.69) is 4.74 Å². The van der Waals surface area contributed by atoms with Gasteiger partial charge in [-0.15, -0.1) is 23.1 Å². The van der Waals surface area contributed by atoms with E-state index in [0.29, 0.717) is 18.8 Å².